The summed E-state index contributed by atoms with van der Waals surface area (Å²) in [6, 6.07) is 3.73. The molecule has 0 atom stereocenters. The lowest BCUT2D eigenvalue weighted by atomic mass is 10.1. The number of nitrogens with two attached hydrogens (primary N) is 1. The molecule has 0 aliphatic carbocycles. The number of amides is 1. The predicted octanol–water partition coefficient (Wildman–Crippen LogP) is 2.71. The number of anilines is 1. The third kappa shape index (κ3) is 3.35. The molecule has 1 aromatic carbocycles. The van der Waals surface area contributed by atoms with E-state index in [1.807, 2.05) is 39.8 Å². The van der Waals surface area contributed by atoms with Crippen LogP contribution in [0.25, 0.3) is 0 Å². The van der Waals surface area contributed by atoms with Crippen molar-refractivity contribution in [2.24, 2.45) is 0 Å². The maximum atomic E-state index is 12.2. The Balaban J connectivity index is 2.22. The van der Waals surface area contributed by atoms with Crippen molar-refractivity contribution in [2.75, 3.05) is 18.9 Å². The first-order valence-corrected chi connectivity index (χ1v) is 6.76. The van der Waals surface area contributed by atoms with Crippen LogP contribution in [0.4, 0.5) is 10.5 Å². The summed E-state index contributed by atoms with van der Waals surface area (Å²) >= 11 is 0. The van der Waals surface area contributed by atoms with E-state index in [9.17, 15) is 4.79 Å². The number of hydrogen-bond acceptors (Lipinski definition) is 4. The van der Waals surface area contributed by atoms with Gasteiger partial charge in [0.05, 0.1) is 13.1 Å². The molecule has 110 valence electrons. The van der Waals surface area contributed by atoms with Crippen molar-refractivity contribution in [3.63, 3.8) is 0 Å². The number of benzene rings is 1. The molecule has 0 aromatic heterocycles. The highest BCUT2D eigenvalue weighted by Gasteiger charge is 2.25. The summed E-state index contributed by atoms with van der Waals surface area (Å²) < 4.78 is 11.1. The van der Waals surface area contributed by atoms with E-state index in [0.717, 1.165) is 16.9 Å². The smallest absolute Gasteiger partial charge is 0.410 e. The van der Waals surface area contributed by atoms with Gasteiger partial charge in [-0.1, -0.05) is 0 Å². The fourth-order valence-electron chi connectivity index (χ4n) is 2.23. The zero-order chi connectivity index (χ0) is 14.9. The van der Waals surface area contributed by atoms with Gasteiger partial charge in [-0.2, -0.15) is 0 Å². The molecule has 1 aliphatic rings. The Morgan fingerprint density at radius 1 is 1.40 bits per heavy atom. The predicted molar refractivity (Wildman–Crippen MR) is 77.7 cm³/mol. The molecular weight excluding hydrogens is 256 g/mol. The molecular formula is C15H22N2O3. The second kappa shape index (κ2) is 5.23. The summed E-state index contributed by atoms with van der Waals surface area (Å²) in [5.41, 5.74) is 7.96. The van der Waals surface area contributed by atoms with Gasteiger partial charge in [0.25, 0.3) is 0 Å². The Morgan fingerprint density at radius 3 is 2.75 bits per heavy atom. The molecule has 0 bridgehead atoms. The summed E-state index contributed by atoms with van der Waals surface area (Å²) in [5, 5.41) is 0. The molecule has 0 radical (unpaired) electrons. The van der Waals surface area contributed by atoms with Gasteiger partial charge >= 0.3 is 6.09 Å². The van der Waals surface area contributed by atoms with E-state index in [2.05, 4.69) is 0 Å². The van der Waals surface area contributed by atoms with Crippen LogP contribution in [0.2, 0.25) is 0 Å². The number of aryl methyl sites for hydroxylation is 1. The molecule has 0 saturated carbocycles. The van der Waals surface area contributed by atoms with Crippen LogP contribution in [0.15, 0.2) is 12.1 Å². The number of carbonyl (C=O) groups is 1. The molecule has 1 amide bonds. The summed E-state index contributed by atoms with van der Waals surface area (Å²) in [6.07, 6.45) is -0.325. The third-order valence-corrected chi connectivity index (χ3v) is 2.99. The molecule has 5 nitrogen and oxygen atoms in total. The van der Waals surface area contributed by atoms with Crippen molar-refractivity contribution in [3.8, 4) is 5.75 Å². The van der Waals surface area contributed by atoms with E-state index >= 15 is 0 Å². The van der Waals surface area contributed by atoms with Gasteiger partial charge < -0.3 is 20.1 Å². The Bertz CT molecular complexity index is 521. The highest BCUT2D eigenvalue weighted by molar-refractivity contribution is 5.69. The summed E-state index contributed by atoms with van der Waals surface area (Å²) in [5.74, 6) is 0.824. The van der Waals surface area contributed by atoms with Crippen LogP contribution in [-0.2, 0) is 11.3 Å². The molecule has 2 rings (SSSR count). The summed E-state index contributed by atoms with van der Waals surface area (Å²) in [7, 11) is 0. The van der Waals surface area contributed by atoms with Crippen molar-refractivity contribution in [2.45, 2.75) is 39.8 Å². The lowest BCUT2D eigenvalue weighted by Gasteiger charge is -2.26. The maximum Gasteiger partial charge on any atom is 0.410 e. The van der Waals surface area contributed by atoms with Gasteiger partial charge in [-0.25, -0.2) is 4.79 Å². The first kappa shape index (κ1) is 14.5. The molecule has 1 aliphatic heterocycles. The van der Waals surface area contributed by atoms with Crippen molar-refractivity contribution in [3.05, 3.63) is 23.3 Å². The van der Waals surface area contributed by atoms with E-state index in [1.54, 1.807) is 4.90 Å². The molecule has 0 saturated heterocycles. The van der Waals surface area contributed by atoms with E-state index in [0.29, 0.717) is 25.4 Å². The van der Waals surface area contributed by atoms with Gasteiger partial charge in [-0.3, -0.25) is 0 Å². The zero-order valence-corrected chi connectivity index (χ0v) is 12.5. The fraction of sp³-hybridized carbons (Fsp3) is 0.533. The number of fused-ring (bicyclic) bond motifs is 1. The van der Waals surface area contributed by atoms with E-state index in [-0.39, 0.29) is 6.09 Å². The Kier molecular flexibility index (Phi) is 3.79. The van der Waals surface area contributed by atoms with E-state index in [4.69, 9.17) is 15.2 Å². The number of carbonyl (C=O) groups excluding carboxylic acids is 1. The number of rotatable bonds is 0. The van der Waals surface area contributed by atoms with Crippen LogP contribution >= 0.6 is 0 Å². The minimum Gasteiger partial charge on any atom is -0.491 e. The minimum absolute atomic E-state index is 0.325. The molecule has 5 heteroatoms. The topological polar surface area (TPSA) is 64.8 Å². The van der Waals surface area contributed by atoms with Crippen molar-refractivity contribution < 1.29 is 14.3 Å². The van der Waals surface area contributed by atoms with Gasteiger partial charge in [-0.05, 0) is 45.4 Å². The van der Waals surface area contributed by atoms with Gasteiger partial charge in [0.15, 0.2) is 0 Å². The number of nitrogen functional groups attached to an aromatic ring is 1. The monoisotopic (exact) mass is 278 g/mol. The van der Waals surface area contributed by atoms with Crippen LogP contribution < -0.4 is 10.5 Å². The van der Waals surface area contributed by atoms with Gasteiger partial charge in [0, 0.05) is 11.3 Å². The molecule has 1 aromatic rings. The van der Waals surface area contributed by atoms with Crippen molar-refractivity contribution in [1.82, 2.24) is 4.90 Å². The molecule has 0 spiro atoms. The van der Waals surface area contributed by atoms with Gasteiger partial charge in [0.2, 0.25) is 0 Å². The Hall–Kier alpha value is -1.91. The molecule has 2 N–H and O–H groups in total. The van der Waals surface area contributed by atoms with Crippen molar-refractivity contribution >= 4 is 11.8 Å². The normalized spacial score (nSPS) is 15.1. The van der Waals surface area contributed by atoms with E-state index < -0.39 is 5.60 Å². The van der Waals surface area contributed by atoms with E-state index in [1.165, 1.54) is 0 Å². The lowest BCUT2D eigenvalue weighted by molar-refractivity contribution is 0.0225. The largest absolute Gasteiger partial charge is 0.491 e. The Labute approximate surface area is 119 Å². The Morgan fingerprint density at radius 2 is 2.10 bits per heavy atom. The summed E-state index contributed by atoms with van der Waals surface area (Å²) in [4.78, 5) is 13.8. The molecule has 0 unspecified atom stereocenters. The summed E-state index contributed by atoms with van der Waals surface area (Å²) in [6.45, 7) is 8.94. The van der Waals surface area contributed by atoms with Gasteiger partial charge in [0.1, 0.15) is 18.0 Å². The van der Waals surface area contributed by atoms with Crippen LogP contribution in [-0.4, -0.2) is 29.7 Å². The second-order valence-electron chi connectivity index (χ2n) is 6.08. The average Bonchev–Trinajstić information content (AvgIpc) is 2.48. The minimum atomic E-state index is -0.501. The van der Waals surface area contributed by atoms with Crippen LogP contribution in [0.1, 0.15) is 31.9 Å². The highest BCUT2D eigenvalue weighted by Crippen LogP contribution is 2.30. The highest BCUT2D eigenvalue weighted by atomic mass is 16.6. The second-order valence-corrected chi connectivity index (χ2v) is 6.08. The third-order valence-electron chi connectivity index (χ3n) is 2.99. The molecule has 20 heavy (non-hydrogen) atoms. The van der Waals surface area contributed by atoms with Gasteiger partial charge in [-0.15, -0.1) is 0 Å². The molecule has 1 heterocycles. The SMILES string of the molecule is Cc1cc(N)cc2c1OCCN(C(=O)OC(C)(C)C)C2. The first-order chi connectivity index (χ1) is 9.26. The zero-order valence-electron chi connectivity index (χ0n) is 12.5. The molecule has 0 fully saturated rings. The van der Waals surface area contributed by atoms with Crippen LogP contribution in [0, 0.1) is 6.92 Å². The first-order valence-electron chi connectivity index (χ1n) is 6.76. The fourth-order valence-corrected chi connectivity index (χ4v) is 2.23. The van der Waals surface area contributed by atoms with Crippen LogP contribution in [0.5, 0.6) is 5.75 Å². The maximum absolute atomic E-state index is 12.2. The average molecular weight is 278 g/mol. The number of nitrogens with zero attached hydrogens (tertiary/aromatic N) is 1. The van der Waals surface area contributed by atoms with Crippen LogP contribution in [0.3, 0.4) is 0 Å². The lowest BCUT2D eigenvalue weighted by Crippen LogP contribution is -2.37. The quantitative estimate of drug-likeness (QED) is 0.741. The number of hydrogen-bond donors (Lipinski definition) is 1. The van der Waals surface area contributed by atoms with Crippen molar-refractivity contribution in [1.29, 1.82) is 0 Å². The standard InChI is InChI=1S/C15H22N2O3/c1-10-7-12(16)8-11-9-17(5-6-19-13(10)11)14(18)20-15(2,3)4/h7-8H,5-6,9,16H2,1-4H3. The number of ether oxygens (including phenoxy) is 2.